The molecule has 0 aromatic heterocycles. The van der Waals surface area contributed by atoms with Gasteiger partial charge in [-0.1, -0.05) is 6.92 Å². The Bertz CT molecular complexity index is 192. The molecule has 1 rings (SSSR count). The number of Topliss-reactive ketones (excluding diaryl/α,β-unsaturated/α-hetero) is 1. The van der Waals surface area contributed by atoms with Gasteiger partial charge in [-0.15, -0.1) is 0 Å². The lowest BCUT2D eigenvalue weighted by atomic mass is 9.96. The first kappa shape index (κ1) is 8.24. The quantitative estimate of drug-likeness (QED) is 0.622. The lowest BCUT2D eigenvalue weighted by Gasteiger charge is -2.07. The monoisotopic (exact) mass is 156 g/mol. The highest BCUT2D eigenvalue weighted by Gasteiger charge is 2.47. The predicted molar refractivity (Wildman–Crippen MR) is 39.2 cm³/mol. The number of carbonyl (C=O) groups excluding carboxylic acids is 1. The van der Waals surface area contributed by atoms with Gasteiger partial charge in [-0.25, -0.2) is 0 Å². The van der Waals surface area contributed by atoms with Crippen molar-refractivity contribution in [2.75, 3.05) is 0 Å². The fourth-order valence-corrected chi connectivity index (χ4v) is 1.31. The van der Waals surface area contributed by atoms with E-state index in [1.165, 1.54) is 0 Å². The van der Waals surface area contributed by atoms with Crippen molar-refractivity contribution in [3.63, 3.8) is 0 Å². The zero-order chi connectivity index (χ0) is 8.48. The van der Waals surface area contributed by atoms with Crippen LogP contribution < -0.4 is 0 Å². The summed E-state index contributed by atoms with van der Waals surface area (Å²) >= 11 is 0. The molecule has 0 radical (unpaired) electrons. The summed E-state index contributed by atoms with van der Waals surface area (Å²) in [4.78, 5) is 21.4. The molecule has 0 spiro atoms. The van der Waals surface area contributed by atoms with Gasteiger partial charge >= 0.3 is 5.97 Å². The zero-order valence-corrected chi connectivity index (χ0v) is 6.59. The molecule has 3 nitrogen and oxygen atoms in total. The lowest BCUT2D eigenvalue weighted by molar-refractivity contribution is -0.141. The van der Waals surface area contributed by atoms with E-state index >= 15 is 0 Å². The second-order valence-corrected chi connectivity index (χ2v) is 3.13. The molecule has 1 fully saturated rings. The van der Waals surface area contributed by atoms with Crippen molar-refractivity contribution in [1.29, 1.82) is 0 Å². The van der Waals surface area contributed by atoms with Gasteiger partial charge in [-0.05, 0) is 19.3 Å². The lowest BCUT2D eigenvalue weighted by Crippen LogP contribution is -2.18. The highest BCUT2D eigenvalue weighted by atomic mass is 16.4. The standard InChI is InChI=1S/C8H12O3/c1-2-8(3-4-8)6(9)5-7(10)11/h2-5H2,1H3,(H,10,11). The minimum absolute atomic E-state index is 0.0903. The molecule has 1 saturated carbocycles. The van der Waals surface area contributed by atoms with Gasteiger partial charge in [0.1, 0.15) is 12.2 Å². The average molecular weight is 156 g/mol. The average Bonchev–Trinajstić information content (AvgIpc) is 2.65. The molecular weight excluding hydrogens is 144 g/mol. The van der Waals surface area contributed by atoms with Crippen LogP contribution in [0.4, 0.5) is 0 Å². The smallest absolute Gasteiger partial charge is 0.310 e. The molecule has 1 N–H and O–H groups in total. The topological polar surface area (TPSA) is 54.4 Å². The highest BCUT2D eigenvalue weighted by molar-refractivity contribution is 5.99. The number of ketones is 1. The van der Waals surface area contributed by atoms with E-state index in [-0.39, 0.29) is 17.6 Å². The Kier molecular flexibility index (Phi) is 1.98. The van der Waals surface area contributed by atoms with Crippen molar-refractivity contribution in [2.24, 2.45) is 5.41 Å². The largest absolute Gasteiger partial charge is 0.481 e. The Morgan fingerprint density at radius 3 is 2.27 bits per heavy atom. The SMILES string of the molecule is CCC1(C(=O)CC(=O)O)CC1. The van der Waals surface area contributed by atoms with Crippen molar-refractivity contribution < 1.29 is 14.7 Å². The second-order valence-electron chi connectivity index (χ2n) is 3.13. The van der Waals surface area contributed by atoms with Crippen LogP contribution in [0.25, 0.3) is 0 Å². The Balaban J connectivity index is 2.48. The van der Waals surface area contributed by atoms with Crippen LogP contribution in [0, 0.1) is 5.41 Å². The van der Waals surface area contributed by atoms with Crippen LogP contribution in [0.3, 0.4) is 0 Å². The maximum Gasteiger partial charge on any atom is 0.310 e. The number of carboxylic acid groups (broad SMARTS) is 1. The summed E-state index contributed by atoms with van der Waals surface area (Å²) in [5.74, 6) is -1.10. The van der Waals surface area contributed by atoms with E-state index in [0.717, 1.165) is 19.3 Å². The van der Waals surface area contributed by atoms with Crippen LogP contribution in [0.5, 0.6) is 0 Å². The van der Waals surface area contributed by atoms with E-state index < -0.39 is 5.97 Å². The van der Waals surface area contributed by atoms with E-state index in [0.29, 0.717) is 0 Å². The minimum Gasteiger partial charge on any atom is -0.481 e. The van der Waals surface area contributed by atoms with E-state index in [2.05, 4.69) is 0 Å². The molecule has 0 bridgehead atoms. The number of hydrogen-bond acceptors (Lipinski definition) is 2. The third kappa shape index (κ3) is 1.59. The number of hydrogen-bond donors (Lipinski definition) is 1. The van der Waals surface area contributed by atoms with E-state index in [9.17, 15) is 9.59 Å². The van der Waals surface area contributed by atoms with Crippen molar-refractivity contribution in [3.05, 3.63) is 0 Å². The first-order valence-electron chi connectivity index (χ1n) is 3.86. The second kappa shape index (κ2) is 2.64. The molecule has 0 atom stereocenters. The van der Waals surface area contributed by atoms with Crippen molar-refractivity contribution in [3.8, 4) is 0 Å². The van der Waals surface area contributed by atoms with E-state index in [1.807, 2.05) is 6.92 Å². The molecule has 1 aliphatic rings. The Hall–Kier alpha value is -0.860. The number of rotatable bonds is 4. The van der Waals surface area contributed by atoms with Gasteiger partial charge in [-0.2, -0.15) is 0 Å². The van der Waals surface area contributed by atoms with Gasteiger partial charge in [-0.3, -0.25) is 9.59 Å². The van der Waals surface area contributed by atoms with Crippen LogP contribution in [-0.2, 0) is 9.59 Å². The molecule has 0 aromatic rings. The van der Waals surface area contributed by atoms with Crippen LogP contribution in [0.15, 0.2) is 0 Å². The normalized spacial score (nSPS) is 19.4. The van der Waals surface area contributed by atoms with Gasteiger partial charge < -0.3 is 5.11 Å². The highest BCUT2D eigenvalue weighted by Crippen LogP contribution is 2.49. The van der Waals surface area contributed by atoms with Crippen molar-refractivity contribution in [1.82, 2.24) is 0 Å². The third-order valence-corrected chi connectivity index (χ3v) is 2.43. The van der Waals surface area contributed by atoms with E-state index in [1.54, 1.807) is 0 Å². The first-order chi connectivity index (χ1) is 5.10. The summed E-state index contributed by atoms with van der Waals surface area (Å²) in [5.41, 5.74) is -0.238. The van der Waals surface area contributed by atoms with Crippen LogP contribution in [0.2, 0.25) is 0 Å². The summed E-state index contributed by atoms with van der Waals surface area (Å²) in [6, 6.07) is 0. The van der Waals surface area contributed by atoms with Crippen molar-refractivity contribution >= 4 is 11.8 Å². The molecule has 3 heteroatoms. The predicted octanol–water partition coefficient (Wildman–Crippen LogP) is 1.22. The molecule has 0 amide bonds. The summed E-state index contributed by atoms with van der Waals surface area (Å²) in [5, 5.41) is 8.35. The van der Waals surface area contributed by atoms with Gasteiger partial charge in [0, 0.05) is 5.41 Å². The Labute approximate surface area is 65.4 Å². The van der Waals surface area contributed by atoms with Crippen LogP contribution in [0.1, 0.15) is 32.6 Å². The molecule has 0 aromatic carbocycles. The van der Waals surface area contributed by atoms with Gasteiger partial charge in [0.25, 0.3) is 0 Å². The molecule has 0 heterocycles. The molecule has 0 saturated heterocycles. The van der Waals surface area contributed by atoms with Gasteiger partial charge in [0.15, 0.2) is 0 Å². The summed E-state index contributed by atoms with van der Waals surface area (Å²) in [6.07, 6.45) is 2.26. The summed E-state index contributed by atoms with van der Waals surface area (Å²) in [6.45, 7) is 1.94. The zero-order valence-electron chi connectivity index (χ0n) is 6.59. The molecule has 62 valence electrons. The Morgan fingerprint density at radius 1 is 1.45 bits per heavy atom. The molecule has 0 unspecified atom stereocenters. The summed E-state index contributed by atoms with van der Waals surface area (Å²) in [7, 11) is 0. The summed E-state index contributed by atoms with van der Waals surface area (Å²) < 4.78 is 0. The first-order valence-corrected chi connectivity index (χ1v) is 3.86. The fourth-order valence-electron chi connectivity index (χ4n) is 1.31. The van der Waals surface area contributed by atoms with Crippen LogP contribution in [-0.4, -0.2) is 16.9 Å². The number of carboxylic acids is 1. The third-order valence-electron chi connectivity index (χ3n) is 2.43. The number of aliphatic carboxylic acids is 1. The van der Waals surface area contributed by atoms with Crippen molar-refractivity contribution in [2.45, 2.75) is 32.6 Å². The fraction of sp³-hybridized carbons (Fsp3) is 0.750. The molecule has 1 aliphatic carbocycles. The van der Waals surface area contributed by atoms with E-state index in [4.69, 9.17) is 5.11 Å². The molecular formula is C8H12O3. The number of carbonyl (C=O) groups is 2. The molecule has 11 heavy (non-hydrogen) atoms. The maximum atomic E-state index is 11.2. The minimum atomic E-state index is -1.00. The Morgan fingerprint density at radius 2 is 2.00 bits per heavy atom. The van der Waals surface area contributed by atoms with Gasteiger partial charge in [0.05, 0.1) is 0 Å². The maximum absolute atomic E-state index is 11.2. The van der Waals surface area contributed by atoms with Crippen LogP contribution >= 0.6 is 0 Å². The molecule has 0 aliphatic heterocycles. The van der Waals surface area contributed by atoms with Gasteiger partial charge in [0.2, 0.25) is 0 Å².